The van der Waals surface area contributed by atoms with Gasteiger partial charge in [0, 0.05) is 19.7 Å². The number of aryl methyl sites for hydroxylation is 1. The highest BCUT2D eigenvalue weighted by Crippen LogP contribution is 2.25. The van der Waals surface area contributed by atoms with Crippen molar-refractivity contribution in [2.45, 2.75) is 39.7 Å². The maximum Gasteiger partial charge on any atom is 0.161 e. The molecule has 1 aliphatic heterocycles. The lowest BCUT2D eigenvalue weighted by Gasteiger charge is -2.34. The number of hydrogen-bond acceptors (Lipinski definition) is 5. The minimum Gasteiger partial charge on any atom is -0.389 e. The second-order valence-electron chi connectivity index (χ2n) is 5.14. The molecule has 2 rings (SSSR count). The highest BCUT2D eigenvalue weighted by molar-refractivity contribution is 7.80. The zero-order chi connectivity index (χ0) is 14.7. The van der Waals surface area contributed by atoms with Gasteiger partial charge >= 0.3 is 0 Å². The largest absolute Gasteiger partial charge is 0.389 e. The number of rotatable bonds is 4. The molecule has 1 fully saturated rings. The Morgan fingerprint density at radius 2 is 2.20 bits per heavy atom. The molecule has 20 heavy (non-hydrogen) atoms. The summed E-state index contributed by atoms with van der Waals surface area (Å²) in [4.78, 5) is 2.58. The summed E-state index contributed by atoms with van der Waals surface area (Å²) in [6.45, 7) is 8.44. The van der Waals surface area contributed by atoms with E-state index in [1.54, 1.807) is 0 Å². The molecule has 2 N–H and O–H groups in total. The summed E-state index contributed by atoms with van der Waals surface area (Å²) in [6.07, 6.45) is 2.41. The smallest absolute Gasteiger partial charge is 0.161 e. The Balaban J connectivity index is 2.32. The molecule has 1 aromatic heterocycles. The molecule has 1 aromatic rings. The van der Waals surface area contributed by atoms with Crippen LogP contribution in [0.15, 0.2) is 0 Å². The van der Waals surface area contributed by atoms with Gasteiger partial charge in [-0.3, -0.25) is 0 Å². The van der Waals surface area contributed by atoms with Crippen molar-refractivity contribution >= 4 is 23.0 Å². The Labute approximate surface area is 125 Å². The molecule has 0 aliphatic carbocycles. The molecule has 0 aromatic carbocycles. The summed E-state index contributed by atoms with van der Waals surface area (Å²) in [7, 11) is 0. The van der Waals surface area contributed by atoms with Gasteiger partial charge in [-0.05, 0) is 39.2 Å². The summed E-state index contributed by atoms with van der Waals surface area (Å²) in [5.74, 6) is 0.796. The topological polar surface area (TPSA) is 64.3 Å². The standard InChI is InChI=1S/C14H22N4OS/c1-4-19-11-6-5-7-18(8-11)14-12(13(15)20)9(2)10(3)16-17-14/h11H,4-8H2,1-3H3,(H2,15,20). The van der Waals surface area contributed by atoms with Gasteiger partial charge in [0.1, 0.15) is 4.99 Å². The molecule has 1 saturated heterocycles. The monoisotopic (exact) mass is 294 g/mol. The zero-order valence-electron chi connectivity index (χ0n) is 12.3. The Hall–Kier alpha value is -1.27. The van der Waals surface area contributed by atoms with E-state index >= 15 is 0 Å². The van der Waals surface area contributed by atoms with Crippen molar-refractivity contribution in [3.05, 3.63) is 16.8 Å². The van der Waals surface area contributed by atoms with E-state index in [0.29, 0.717) is 4.99 Å². The third-order valence-electron chi connectivity index (χ3n) is 3.76. The Kier molecular flexibility index (Phi) is 4.88. The van der Waals surface area contributed by atoms with E-state index in [2.05, 4.69) is 15.1 Å². The molecule has 6 heteroatoms. The van der Waals surface area contributed by atoms with E-state index in [-0.39, 0.29) is 6.10 Å². The average molecular weight is 294 g/mol. The van der Waals surface area contributed by atoms with Gasteiger partial charge in [0.25, 0.3) is 0 Å². The molecular weight excluding hydrogens is 272 g/mol. The first-order valence-electron chi connectivity index (χ1n) is 7.04. The van der Waals surface area contributed by atoms with Crippen LogP contribution in [0.2, 0.25) is 0 Å². The summed E-state index contributed by atoms with van der Waals surface area (Å²) in [5, 5.41) is 8.55. The molecule has 110 valence electrons. The first kappa shape index (κ1) is 15.1. The van der Waals surface area contributed by atoms with Crippen molar-refractivity contribution in [3.63, 3.8) is 0 Å². The number of piperidine rings is 1. The van der Waals surface area contributed by atoms with Crippen molar-refractivity contribution in [1.82, 2.24) is 10.2 Å². The van der Waals surface area contributed by atoms with Crippen molar-refractivity contribution in [1.29, 1.82) is 0 Å². The van der Waals surface area contributed by atoms with Crippen LogP contribution in [0.25, 0.3) is 0 Å². The first-order chi connectivity index (χ1) is 9.54. The number of thiocarbonyl (C=S) groups is 1. The first-order valence-corrected chi connectivity index (χ1v) is 7.45. The Morgan fingerprint density at radius 3 is 2.85 bits per heavy atom. The highest BCUT2D eigenvalue weighted by atomic mass is 32.1. The number of nitrogens with two attached hydrogens (primary N) is 1. The van der Waals surface area contributed by atoms with Crippen LogP contribution in [0.4, 0.5) is 5.82 Å². The molecule has 1 unspecified atom stereocenters. The van der Waals surface area contributed by atoms with E-state index in [1.165, 1.54) is 0 Å². The maximum atomic E-state index is 5.89. The van der Waals surface area contributed by atoms with E-state index in [1.807, 2.05) is 20.8 Å². The Bertz CT molecular complexity index is 504. The van der Waals surface area contributed by atoms with Crippen LogP contribution < -0.4 is 10.6 Å². The van der Waals surface area contributed by atoms with E-state index < -0.39 is 0 Å². The lowest BCUT2D eigenvalue weighted by Crippen LogP contribution is -2.41. The van der Waals surface area contributed by atoms with Crippen molar-refractivity contribution in [3.8, 4) is 0 Å². The molecule has 0 amide bonds. The fraction of sp³-hybridized carbons (Fsp3) is 0.643. The van der Waals surface area contributed by atoms with Gasteiger partial charge in [-0.15, -0.1) is 5.10 Å². The fourth-order valence-electron chi connectivity index (χ4n) is 2.61. The van der Waals surface area contributed by atoms with Crippen LogP contribution in [-0.2, 0) is 4.74 Å². The van der Waals surface area contributed by atoms with Crippen LogP contribution in [0.1, 0.15) is 36.6 Å². The SMILES string of the molecule is CCOC1CCCN(c2nnc(C)c(C)c2C(N)=S)C1. The lowest BCUT2D eigenvalue weighted by molar-refractivity contribution is 0.0525. The summed E-state index contributed by atoms with van der Waals surface area (Å²) in [5.41, 5.74) is 8.63. The average Bonchev–Trinajstić information content (AvgIpc) is 2.42. The second-order valence-corrected chi connectivity index (χ2v) is 5.58. The van der Waals surface area contributed by atoms with Crippen LogP contribution in [-0.4, -0.2) is 41.0 Å². The summed E-state index contributed by atoms with van der Waals surface area (Å²) in [6, 6.07) is 0. The second kappa shape index (κ2) is 6.45. The molecular formula is C14H22N4OS. The zero-order valence-corrected chi connectivity index (χ0v) is 13.2. The van der Waals surface area contributed by atoms with Gasteiger partial charge < -0.3 is 15.4 Å². The normalized spacial score (nSPS) is 19.1. The predicted octanol–water partition coefficient (Wildman–Crippen LogP) is 1.73. The third kappa shape index (κ3) is 3.07. The molecule has 1 aliphatic rings. The minimum atomic E-state index is 0.247. The van der Waals surface area contributed by atoms with Crippen molar-refractivity contribution in [2.24, 2.45) is 5.73 Å². The molecule has 0 bridgehead atoms. The predicted molar refractivity (Wildman–Crippen MR) is 84.3 cm³/mol. The van der Waals surface area contributed by atoms with Gasteiger partial charge in [0.2, 0.25) is 0 Å². The van der Waals surface area contributed by atoms with Gasteiger partial charge in [0.05, 0.1) is 17.4 Å². The fourth-order valence-corrected chi connectivity index (χ4v) is 2.86. The van der Waals surface area contributed by atoms with E-state index in [9.17, 15) is 0 Å². The van der Waals surface area contributed by atoms with E-state index in [0.717, 1.165) is 55.2 Å². The minimum absolute atomic E-state index is 0.247. The van der Waals surface area contributed by atoms with Gasteiger partial charge in [-0.2, -0.15) is 5.10 Å². The molecule has 5 nitrogen and oxygen atoms in total. The van der Waals surface area contributed by atoms with Gasteiger partial charge in [-0.25, -0.2) is 0 Å². The summed E-state index contributed by atoms with van der Waals surface area (Å²) >= 11 is 5.20. The maximum absolute atomic E-state index is 5.89. The van der Waals surface area contributed by atoms with Crippen LogP contribution in [0.5, 0.6) is 0 Å². The van der Waals surface area contributed by atoms with Crippen LogP contribution in [0.3, 0.4) is 0 Å². The van der Waals surface area contributed by atoms with E-state index in [4.69, 9.17) is 22.7 Å². The highest BCUT2D eigenvalue weighted by Gasteiger charge is 2.25. The Morgan fingerprint density at radius 1 is 1.45 bits per heavy atom. The lowest BCUT2D eigenvalue weighted by atomic mass is 10.0. The molecule has 2 heterocycles. The number of aromatic nitrogens is 2. The van der Waals surface area contributed by atoms with Crippen molar-refractivity contribution < 1.29 is 4.74 Å². The molecule has 0 spiro atoms. The number of ether oxygens (including phenoxy) is 1. The van der Waals surface area contributed by atoms with Gasteiger partial charge in [-0.1, -0.05) is 12.2 Å². The number of anilines is 1. The quantitative estimate of drug-likeness (QED) is 0.853. The van der Waals surface area contributed by atoms with Gasteiger partial charge in [0.15, 0.2) is 5.82 Å². The molecule has 0 saturated carbocycles. The van der Waals surface area contributed by atoms with Crippen LogP contribution in [0, 0.1) is 13.8 Å². The number of hydrogen-bond donors (Lipinski definition) is 1. The number of nitrogens with zero attached hydrogens (tertiary/aromatic N) is 3. The van der Waals surface area contributed by atoms with Crippen LogP contribution >= 0.6 is 12.2 Å². The van der Waals surface area contributed by atoms with Crippen molar-refractivity contribution in [2.75, 3.05) is 24.6 Å². The molecule has 0 radical (unpaired) electrons. The molecule has 1 atom stereocenters. The third-order valence-corrected chi connectivity index (χ3v) is 3.97. The summed E-state index contributed by atoms with van der Waals surface area (Å²) < 4.78 is 5.73.